The molecule has 0 saturated heterocycles. The molecule has 14 heavy (non-hydrogen) atoms. The van der Waals surface area contributed by atoms with E-state index in [1.165, 1.54) is 5.56 Å². The van der Waals surface area contributed by atoms with Gasteiger partial charge in [-0.15, -0.1) is 11.8 Å². The zero-order chi connectivity index (χ0) is 10.2. The Labute approximate surface area is 85.5 Å². The molecule has 0 aliphatic heterocycles. The largest absolute Gasteiger partial charge is 0.314 e. The molecule has 0 amide bonds. The van der Waals surface area contributed by atoms with Gasteiger partial charge in [0.1, 0.15) is 0 Å². The van der Waals surface area contributed by atoms with Crippen LogP contribution in [0.3, 0.4) is 0 Å². The molecule has 3 heteroatoms. The third kappa shape index (κ3) is 4.11. The Morgan fingerprint density at radius 3 is 3.00 bits per heavy atom. The fourth-order valence-corrected chi connectivity index (χ4v) is 1.18. The van der Waals surface area contributed by atoms with Crippen LogP contribution < -0.4 is 5.32 Å². The molecule has 0 aliphatic rings. The highest BCUT2D eigenvalue weighted by atomic mass is 15.3. The number of nitrogens with one attached hydrogen (secondary N) is 1. The summed E-state index contributed by atoms with van der Waals surface area (Å²) >= 11 is 0. The molecule has 0 spiro atoms. The van der Waals surface area contributed by atoms with Gasteiger partial charge in [-0.25, -0.2) is 0 Å². The SMILES string of the molecule is CC#CCCNCCn1cc(C)cn1. The summed E-state index contributed by atoms with van der Waals surface area (Å²) in [6.45, 7) is 6.75. The van der Waals surface area contributed by atoms with Crippen molar-refractivity contribution in [2.24, 2.45) is 0 Å². The summed E-state index contributed by atoms with van der Waals surface area (Å²) < 4.78 is 1.95. The van der Waals surface area contributed by atoms with Crippen LogP contribution in [-0.4, -0.2) is 22.9 Å². The van der Waals surface area contributed by atoms with E-state index in [9.17, 15) is 0 Å². The number of aryl methyl sites for hydroxylation is 1. The Kier molecular flexibility index (Phi) is 4.81. The van der Waals surface area contributed by atoms with Gasteiger partial charge in [0.2, 0.25) is 0 Å². The Morgan fingerprint density at radius 2 is 2.36 bits per heavy atom. The highest BCUT2D eigenvalue weighted by molar-refractivity contribution is 4.99. The summed E-state index contributed by atoms with van der Waals surface area (Å²) in [5.41, 5.74) is 1.21. The van der Waals surface area contributed by atoms with Gasteiger partial charge in [-0.1, -0.05) is 0 Å². The van der Waals surface area contributed by atoms with Gasteiger partial charge < -0.3 is 5.32 Å². The minimum absolute atomic E-state index is 0.924. The first-order valence-corrected chi connectivity index (χ1v) is 4.92. The Balaban J connectivity index is 2.06. The summed E-state index contributed by atoms with van der Waals surface area (Å²) in [7, 11) is 0. The van der Waals surface area contributed by atoms with Gasteiger partial charge in [-0.05, 0) is 19.4 Å². The van der Waals surface area contributed by atoms with Crippen LogP contribution in [0, 0.1) is 18.8 Å². The molecule has 0 saturated carbocycles. The zero-order valence-electron chi connectivity index (χ0n) is 8.88. The molecule has 0 atom stereocenters. The van der Waals surface area contributed by atoms with Gasteiger partial charge in [-0.3, -0.25) is 4.68 Å². The van der Waals surface area contributed by atoms with Crippen LogP contribution >= 0.6 is 0 Å². The first-order chi connectivity index (χ1) is 6.83. The fraction of sp³-hybridized carbons (Fsp3) is 0.545. The highest BCUT2D eigenvalue weighted by Crippen LogP contribution is 1.92. The maximum atomic E-state index is 4.20. The smallest absolute Gasteiger partial charge is 0.0534 e. The lowest BCUT2D eigenvalue weighted by molar-refractivity contribution is 0.559. The fourth-order valence-electron chi connectivity index (χ4n) is 1.18. The van der Waals surface area contributed by atoms with E-state index in [2.05, 4.69) is 22.3 Å². The predicted molar refractivity (Wildman–Crippen MR) is 57.9 cm³/mol. The third-order valence-corrected chi connectivity index (χ3v) is 1.88. The number of hydrogen-bond donors (Lipinski definition) is 1. The van der Waals surface area contributed by atoms with Crippen molar-refractivity contribution >= 4 is 0 Å². The van der Waals surface area contributed by atoms with E-state index in [4.69, 9.17) is 0 Å². The molecule has 0 unspecified atom stereocenters. The molecule has 0 aliphatic carbocycles. The molecule has 76 valence electrons. The molecular weight excluding hydrogens is 174 g/mol. The molecule has 1 aromatic rings. The standard InChI is InChI=1S/C11H17N3/c1-3-4-5-6-12-7-8-14-10-11(2)9-13-14/h9-10,12H,5-8H2,1-2H3. The maximum Gasteiger partial charge on any atom is 0.0534 e. The van der Waals surface area contributed by atoms with E-state index in [0.717, 1.165) is 26.1 Å². The van der Waals surface area contributed by atoms with E-state index in [1.807, 2.05) is 30.9 Å². The van der Waals surface area contributed by atoms with E-state index in [-0.39, 0.29) is 0 Å². The Bertz CT molecular complexity index is 317. The van der Waals surface area contributed by atoms with Crippen LogP contribution in [0.15, 0.2) is 12.4 Å². The number of hydrogen-bond acceptors (Lipinski definition) is 2. The zero-order valence-corrected chi connectivity index (χ0v) is 8.88. The van der Waals surface area contributed by atoms with Gasteiger partial charge >= 0.3 is 0 Å². The average molecular weight is 191 g/mol. The lowest BCUT2D eigenvalue weighted by Gasteiger charge is -2.02. The van der Waals surface area contributed by atoms with Crippen molar-refractivity contribution in [2.75, 3.05) is 13.1 Å². The molecule has 3 nitrogen and oxygen atoms in total. The number of aromatic nitrogens is 2. The monoisotopic (exact) mass is 191 g/mol. The van der Waals surface area contributed by atoms with Crippen LogP contribution in [0.4, 0.5) is 0 Å². The summed E-state index contributed by atoms with van der Waals surface area (Å²) in [6.07, 6.45) is 4.85. The minimum atomic E-state index is 0.924. The van der Waals surface area contributed by atoms with Crippen LogP contribution in [0.2, 0.25) is 0 Å². The van der Waals surface area contributed by atoms with Crippen molar-refractivity contribution in [2.45, 2.75) is 26.8 Å². The maximum absolute atomic E-state index is 4.20. The third-order valence-electron chi connectivity index (χ3n) is 1.88. The van der Waals surface area contributed by atoms with Gasteiger partial charge in [0.05, 0.1) is 12.7 Å². The van der Waals surface area contributed by atoms with E-state index >= 15 is 0 Å². The molecular formula is C11H17N3. The molecule has 0 fully saturated rings. The lowest BCUT2D eigenvalue weighted by atomic mass is 10.4. The van der Waals surface area contributed by atoms with Gasteiger partial charge in [-0.2, -0.15) is 5.10 Å². The van der Waals surface area contributed by atoms with Crippen molar-refractivity contribution in [3.63, 3.8) is 0 Å². The van der Waals surface area contributed by atoms with E-state index < -0.39 is 0 Å². The first-order valence-electron chi connectivity index (χ1n) is 4.92. The summed E-state index contributed by atoms with van der Waals surface area (Å²) in [5.74, 6) is 5.89. The van der Waals surface area contributed by atoms with Crippen molar-refractivity contribution in [1.29, 1.82) is 0 Å². The average Bonchev–Trinajstić information content (AvgIpc) is 2.58. The van der Waals surface area contributed by atoms with E-state index in [0.29, 0.717) is 0 Å². The number of nitrogens with zero attached hydrogens (tertiary/aromatic N) is 2. The normalized spacial score (nSPS) is 9.57. The Morgan fingerprint density at radius 1 is 1.50 bits per heavy atom. The molecule has 1 heterocycles. The van der Waals surface area contributed by atoms with Crippen molar-refractivity contribution in [1.82, 2.24) is 15.1 Å². The molecule has 1 rings (SSSR count). The van der Waals surface area contributed by atoms with Gasteiger partial charge in [0.15, 0.2) is 0 Å². The van der Waals surface area contributed by atoms with Crippen molar-refractivity contribution in [3.05, 3.63) is 18.0 Å². The quantitative estimate of drug-likeness (QED) is 0.560. The topological polar surface area (TPSA) is 29.9 Å². The van der Waals surface area contributed by atoms with Crippen LogP contribution in [-0.2, 0) is 6.54 Å². The predicted octanol–water partition coefficient (Wildman–Crippen LogP) is 1.19. The minimum Gasteiger partial charge on any atom is -0.314 e. The summed E-state index contributed by atoms with van der Waals surface area (Å²) in [4.78, 5) is 0. The van der Waals surface area contributed by atoms with Crippen LogP contribution in [0.25, 0.3) is 0 Å². The summed E-state index contributed by atoms with van der Waals surface area (Å²) in [5, 5.41) is 7.51. The lowest BCUT2D eigenvalue weighted by Crippen LogP contribution is -2.20. The van der Waals surface area contributed by atoms with Crippen LogP contribution in [0.5, 0.6) is 0 Å². The second kappa shape index (κ2) is 6.22. The van der Waals surface area contributed by atoms with Crippen molar-refractivity contribution in [3.8, 4) is 11.8 Å². The second-order valence-corrected chi connectivity index (χ2v) is 3.21. The van der Waals surface area contributed by atoms with Crippen molar-refractivity contribution < 1.29 is 0 Å². The van der Waals surface area contributed by atoms with Crippen LogP contribution in [0.1, 0.15) is 18.9 Å². The Hall–Kier alpha value is -1.27. The molecule has 0 bridgehead atoms. The van der Waals surface area contributed by atoms with Gasteiger partial charge in [0.25, 0.3) is 0 Å². The second-order valence-electron chi connectivity index (χ2n) is 3.21. The van der Waals surface area contributed by atoms with Gasteiger partial charge in [0, 0.05) is 25.7 Å². The first kappa shape index (κ1) is 10.8. The number of rotatable bonds is 5. The van der Waals surface area contributed by atoms with E-state index in [1.54, 1.807) is 0 Å². The molecule has 1 aromatic heterocycles. The molecule has 0 aromatic carbocycles. The molecule has 0 radical (unpaired) electrons. The molecule has 1 N–H and O–H groups in total. The summed E-state index contributed by atoms with van der Waals surface area (Å²) in [6, 6.07) is 0. The highest BCUT2D eigenvalue weighted by Gasteiger charge is 1.92.